The van der Waals surface area contributed by atoms with Crippen molar-refractivity contribution in [2.24, 2.45) is 5.73 Å². The summed E-state index contributed by atoms with van der Waals surface area (Å²) in [5, 5.41) is 0. The third-order valence-electron chi connectivity index (χ3n) is 1.07. The van der Waals surface area contributed by atoms with Crippen molar-refractivity contribution in [3.05, 3.63) is 18.2 Å². The SMILES string of the molecule is Cl.NCCc1cncn1Cl. The summed E-state index contributed by atoms with van der Waals surface area (Å²) in [4.78, 5) is 3.82. The molecule has 3 nitrogen and oxygen atoms in total. The minimum Gasteiger partial charge on any atom is -0.330 e. The van der Waals surface area contributed by atoms with E-state index in [0.29, 0.717) is 6.54 Å². The van der Waals surface area contributed by atoms with Crippen molar-refractivity contribution in [3.63, 3.8) is 0 Å². The van der Waals surface area contributed by atoms with E-state index in [-0.39, 0.29) is 12.4 Å². The summed E-state index contributed by atoms with van der Waals surface area (Å²) >= 11 is 5.62. The van der Waals surface area contributed by atoms with Gasteiger partial charge in [-0.25, -0.2) is 9.07 Å². The van der Waals surface area contributed by atoms with Gasteiger partial charge in [-0.3, -0.25) is 0 Å². The van der Waals surface area contributed by atoms with Gasteiger partial charge in [0.25, 0.3) is 0 Å². The van der Waals surface area contributed by atoms with Gasteiger partial charge >= 0.3 is 0 Å². The van der Waals surface area contributed by atoms with Crippen LogP contribution >= 0.6 is 24.2 Å². The van der Waals surface area contributed by atoms with Crippen molar-refractivity contribution in [3.8, 4) is 0 Å². The fraction of sp³-hybridized carbons (Fsp3) is 0.400. The maximum atomic E-state index is 5.62. The van der Waals surface area contributed by atoms with Crippen LogP contribution in [0.4, 0.5) is 0 Å². The predicted molar refractivity (Wildman–Crippen MR) is 43.5 cm³/mol. The lowest BCUT2D eigenvalue weighted by Crippen LogP contribution is -2.04. The van der Waals surface area contributed by atoms with E-state index in [2.05, 4.69) is 4.98 Å². The van der Waals surface area contributed by atoms with Crippen molar-refractivity contribution in [1.82, 2.24) is 9.07 Å². The van der Waals surface area contributed by atoms with Gasteiger partial charge < -0.3 is 5.73 Å². The maximum absolute atomic E-state index is 5.62. The number of halogens is 2. The van der Waals surface area contributed by atoms with Crippen LogP contribution in [0.3, 0.4) is 0 Å². The molecule has 0 bridgehead atoms. The normalized spacial score (nSPS) is 9.00. The summed E-state index contributed by atoms with van der Waals surface area (Å²) in [7, 11) is 0. The Morgan fingerprint density at radius 1 is 1.70 bits per heavy atom. The van der Waals surface area contributed by atoms with E-state index in [1.807, 2.05) is 0 Å². The molecule has 1 heterocycles. The van der Waals surface area contributed by atoms with Crippen LogP contribution in [-0.4, -0.2) is 15.6 Å². The van der Waals surface area contributed by atoms with E-state index in [1.54, 1.807) is 12.5 Å². The highest BCUT2D eigenvalue weighted by atomic mass is 35.5. The summed E-state index contributed by atoms with van der Waals surface area (Å²) in [5.41, 5.74) is 6.25. The van der Waals surface area contributed by atoms with Crippen LogP contribution < -0.4 is 5.73 Å². The molecule has 0 amide bonds. The van der Waals surface area contributed by atoms with E-state index < -0.39 is 0 Å². The Morgan fingerprint density at radius 2 is 2.40 bits per heavy atom. The van der Waals surface area contributed by atoms with Gasteiger partial charge in [0, 0.05) is 24.4 Å². The van der Waals surface area contributed by atoms with E-state index >= 15 is 0 Å². The molecule has 0 atom stereocenters. The molecule has 0 unspecified atom stereocenters. The highest BCUT2D eigenvalue weighted by Crippen LogP contribution is 1.99. The summed E-state index contributed by atoms with van der Waals surface area (Å²) in [6, 6.07) is 0. The average molecular weight is 182 g/mol. The first-order valence-electron chi connectivity index (χ1n) is 2.72. The molecule has 5 heteroatoms. The molecule has 58 valence electrons. The molecule has 0 aliphatic heterocycles. The molecule has 1 rings (SSSR count). The Labute approximate surface area is 70.7 Å². The van der Waals surface area contributed by atoms with Gasteiger partial charge in [-0.2, -0.15) is 0 Å². The van der Waals surface area contributed by atoms with Crippen LogP contribution in [0, 0.1) is 0 Å². The Hall–Kier alpha value is -0.250. The molecule has 0 saturated heterocycles. The quantitative estimate of drug-likeness (QED) is 0.735. The van der Waals surface area contributed by atoms with Gasteiger partial charge in [0.1, 0.15) is 6.33 Å². The van der Waals surface area contributed by atoms with E-state index in [0.717, 1.165) is 12.1 Å². The van der Waals surface area contributed by atoms with Crippen molar-refractivity contribution in [2.75, 3.05) is 6.54 Å². The smallest absolute Gasteiger partial charge is 0.110 e. The number of nitrogens with two attached hydrogens (primary N) is 1. The molecular weight excluding hydrogens is 173 g/mol. The van der Waals surface area contributed by atoms with Crippen molar-refractivity contribution >= 4 is 24.2 Å². The molecule has 0 saturated carbocycles. The van der Waals surface area contributed by atoms with Gasteiger partial charge in [-0.05, 0) is 6.54 Å². The standard InChI is InChI=1S/C5H8ClN3.ClH/c6-9-4-8-3-5(9)1-2-7;/h3-4H,1-2,7H2;1H. The summed E-state index contributed by atoms with van der Waals surface area (Å²) in [6.45, 7) is 0.610. The fourth-order valence-corrected chi connectivity index (χ4v) is 0.805. The second-order valence-electron chi connectivity index (χ2n) is 1.73. The molecule has 1 aromatic rings. The van der Waals surface area contributed by atoms with Gasteiger partial charge in [0.2, 0.25) is 0 Å². The van der Waals surface area contributed by atoms with Crippen molar-refractivity contribution in [2.45, 2.75) is 6.42 Å². The lowest BCUT2D eigenvalue weighted by Gasteiger charge is -1.93. The van der Waals surface area contributed by atoms with Crippen LogP contribution in [0.1, 0.15) is 5.69 Å². The first-order valence-corrected chi connectivity index (χ1v) is 3.06. The largest absolute Gasteiger partial charge is 0.330 e. The van der Waals surface area contributed by atoms with Gasteiger partial charge in [-0.15, -0.1) is 12.4 Å². The first kappa shape index (κ1) is 9.75. The highest BCUT2D eigenvalue weighted by Gasteiger charge is 1.95. The summed E-state index contributed by atoms with van der Waals surface area (Å²) in [5.74, 6) is 0. The average Bonchev–Trinajstić information content (AvgIpc) is 2.18. The van der Waals surface area contributed by atoms with E-state index in [1.165, 1.54) is 4.09 Å². The van der Waals surface area contributed by atoms with Crippen LogP contribution in [-0.2, 0) is 6.42 Å². The van der Waals surface area contributed by atoms with Crippen LogP contribution in [0.25, 0.3) is 0 Å². The zero-order chi connectivity index (χ0) is 6.69. The van der Waals surface area contributed by atoms with Crippen molar-refractivity contribution in [1.29, 1.82) is 0 Å². The summed E-state index contributed by atoms with van der Waals surface area (Å²) in [6.07, 6.45) is 4.04. The van der Waals surface area contributed by atoms with Gasteiger partial charge in [-0.1, -0.05) is 0 Å². The molecular formula is C5H9Cl2N3. The molecule has 0 radical (unpaired) electrons. The predicted octanol–water partition coefficient (Wildman–Crippen LogP) is 0.808. The zero-order valence-electron chi connectivity index (χ0n) is 5.33. The van der Waals surface area contributed by atoms with E-state index in [4.69, 9.17) is 17.5 Å². The summed E-state index contributed by atoms with van der Waals surface area (Å²) < 4.78 is 1.45. The molecule has 0 aromatic carbocycles. The lowest BCUT2D eigenvalue weighted by molar-refractivity contribution is 0.914. The number of hydrogen-bond acceptors (Lipinski definition) is 2. The third-order valence-corrected chi connectivity index (χ3v) is 1.37. The minimum atomic E-state index is 0. The fourth-order valence-electron chi connectivity index (χ4n) is 0.626. The molecule has 0 aliphatic rings. The maximum Gasteiger partial charge on any atom is 0.110 e. The van der Waals surface area contributed by atoms with Crippen LogP contribution in [0.2, 0.25) is 0 Å². The number of imidazole rings is 1. The molecule has 0 fully saturated rings. The van der Waals surface area contributed by atoms with Gasteiger partial charge in [0.05, 0.1) is 5.69 Å². The number of aromatic nitrogens is 2. The topological polar surface area (TPSA) is 43.8 Å². The Morgan fingerprint density at radius 3 is 2.80 bits per heavy atom. The van der Waals surface area contributed by atoms with Crippen molar-refractivity contribution < 1.29 is 0 Å². The second kappa shape index (κ2) is 4.55. The lowest BCUT2D eigenvalue weighted by atomic mass is 10.3. The Balaban J connectivity index is 0.000000810. The number of hydrogen-bond donors (Lipinski definition) is 1. The molecule has 2 N–H and O–H groups in total. The van der Waals surface area contributed by atoms with E-state index in [9.17, 15) is 0 Å². The van der Waals surface area contributed by atoms with Crippen LogP contribution in [0.15, 0.2) is 12.5 Å². The molecule has 10 heavy (non-hydrogen) atoms. The molecule has 1 aromatic heterocycles. The molecule has 0 spiro atoms. The number of rotatable bonds is 2. The number of nitrogens with zero attached hydrogens (tertiary/aromatic N) is 2. The Kier molecular flexibility index (Phi) is 4.43. The molecule has 0 aliphatic carbocycles. The minimum absolute atomic E-state index is 0. The highest BCUT2D eigenvalue weighted by molar-refractivity contribution is 6.15. The van der Waals surface area contributed by atoms with Gasteiger partial charge in [0.15, 0.2) is 0 Å². The monoisotopic (exact) mass is 181 g/mol. The Bertz CT molecular complexity index is 187. The van der Waals surface area contributed by atoms with Crippen LogP contribution in [0.5, 0.6) is 0 Å². The first-order chi connectivity index (χ1) is 4.34. The zero-order valence-corrected chi connectivity index (χ0v) is 6.90. The second-order valence-corrected chi connectivity index (χ2v) is 2.10. The third kappa shape index (κ3) is 2.17.